The smallest absolute Gasteiger partial charge is 0.160 e. The maximum Gasteiger partial charge on any atom is 0.160 e. The molecule has 7 fully saturated rings. The van der Waals surface area contributed by atoms with Crippen molar-refractivity contribution >= 4 is 22.6 Å². The van der Waals surface area contributed by atoms with E-state index in [0.29, 0.717) is 69.8 Å². The Morgan fingerprint density at radius 2 is 1.64 bits per heavy atom. The number of Topliss-reactive ketones (excluding diaryl/α,β-unsaturated/α-hetero) is 2. The number of epoxide rings is 1. The number of aliphatic hydroxyl groups excluding tert-OH is 2. The van der Waals surface area contributed by atoms with Crippen LogP contribution in [-0.2, 0) is 44.1 Å². The average molecular weight is 1010 g/mol. The number of aromatic amines is 1. The first kappa shape index (κ1) is 51.6. The average Bonchev–Trinajstić information content (AvgIpc) is 3.61. The van der Waals surface area contributed by atoms with E-state index in [-0.39, 0.29) is 40.7 Å². The highest BCUT2D eigenvalue weighted by Gasteiger charge is 2.73. The third-order valence-corrected chi connectivity index (χ3v) is 23.6. The highest BCUT2D eigenvalue weighted by Crippen LogP contribution is 2.76. The summed E-state index contributed by atoms with van der Waals surface area (Å²) < 4.78 is 15.1. The van der Waals surface area contributed by atoms with Crippen molar-refractivity contribution in [1.29, 1.82) is 0 Å². The van der Waals surface area contributed by atoms with Crippen LogP contribution in [0.1, 0.15) is 211 Å². The van der Waals surface area contributed by atoms with Crippen molar-refractivity contribution in [1.82, 2.24) is 14.9 Å². The van der Waals surface area contributed by atoms with Gasteiger partial charge >= 0.3 is 0 Å². The van der Waals surface area contributed by atoms with Crippen LogP contribution in [0, 0.1) is 44.8 Å². The predicted octanol–water partition coefficient (Wildman–Crippen LogP) is 11.5. The number of aromatic nitrogens is 2. The van der Waals surface area contributed by atoms with Crippen molar-refractivity contribution < 1.29 is 34.4 Å². The number of aliphatic hydroxyl groups is 3. The van der Waals surface area contributed by atoms with E-state index in [4.69, 9.17) is 9.47 Å². The molecular weight excluding hydrogens is 923 g/mol. The van der Waals surface area contributed by atoms with Gasteiger partial charge in [0.15, 0.2) is 5.78 Å². The first-order chi connectivity index (χ1) is 35.1. The molecule has 9 aliphatic rings. The molecule has 10 heteroatoms. The van der Waals surface area contributed by atoms with Crippen molar-refractivity contribution in [2.75, 3.05) is 20.2 Å². The standard InChI is InChI=1S/C64H91N3O7/c1-57(2)56(74-57)47(69)33-58(3)22-17-41-35-66-52-43(30-39-29-42(40-15-11-9-12-16-40)32-44(31-39)64(72)26-28-73-63(38-64)20-13-10-14-21-63)36-67(53(41)52)37-45-50-51(58)46(68)34-62(50,7)61(6)24-18-48-59(4,25-27-65-8)49(70)19-23-60(48,5)55(61)54(45)71/h29,31-32,35-36,40,45,47-48,54-56,65-66,69,71-72H,9-28,30,33-34,37-38H2,1-8H3/t45-,47-,48+,54-,55-,56-,58+,59+,60-,61+,62+,64+/m1/s1. The van der Waals surface area contributed by atoms with E-state index in [9.17, 15) is 20.1 Å². The normalized spacial score (nSPS) is 40.2. The number of aryl methyl sites for hydroxylation is 1. The minimum Gasteiger partial charge on any atom is -0.392 e. The van der Waals surface area contributed by atoms with Gasteiger partial charge < -0.3 is 39.7 Å². The molecule has 3 aliphatic heterocycles. The van der Waals surface area contributed by atoms with Crippen molar-refractivity contribution in [3.05, 3.63) is 69.6 Å². The molecule has 2 aromatic heterocycles. The maximum atomic E-state index is 15.5. The van der Waals surface area contributed by atoms with E-state index in [1.54, 1.807) is 0 Å². The molecule has 1 aromatic carbocycles. The molecule has 0 amide bonds. The summed E-state index contributed by atoms with van der Waals surface area (Å²) in [5, 5.41) is 42.3. The zero-order valence-corrected chi connectivity index (χ0v) is 46.5. The van der Waals surface area contributed by atoms with Gasteiger partial charge in [-0.2, -0.15) is 0 Å². The number of H-pyrrole nitrogens is 1. The monoisotopic (exact) mass is 1010 g/mol. The van der Waals surface area contributed by atoms with E-state index in [0.717, 1.165) is 86.6 Å². The molecule has 12 atom stereocenters. The molecule has 404 valence electrons. The van der Waals surface area contributed by atoms with E-state index >= 15 is 4.79 Å². The lowest BCUT2D eigenvalue weighted by Gasteiger charge is -2.70. The number of hydrogen-bond donors (Lipinski definition) is 5. The molecule has 3 aromatic rings. The third kappa shape index (κ3) is 7.87. The summed E-state index contributed by atoms with van der Waals surface area (Å²) in [6.07, 6.45) is 22.5. The topological polar surface area (TPSA) is 149 Å². The van der Waals surface area contributed by atoms with E-state index < -0.39 is 45.1 Å². The lowest BCUT2D eigenvalue weighted by molar-refractivity contribution is -0.222. The fourth-order valence-electron chi connectivity index (χ4n) is 19.5. The zero-order chi connectivity index (χ0) is 52.0. The van der Waals surface area contributed by atoms with Crippen LogP contribution in [0.2, 0.25) is 0 Å². The number of rotatable bonds is 10. The minimum atomic E-state index is -0.945. The predicted molar refractivity (Wildman–Crippen MR) is 290 cm³/mol. The molecule has 74 heavy (non-hydrogen) atoms. The van der Waals surface area contributed by atoms with Gasteiger partial charge in [0, 0.05) is 73.4 Å². The fraction of sp³-hybridized carbons (Fsp3) is 0.750. The molecule has 0 bridgehead atoms. The largest absolute Gasteiger partial charge is 0.392 e. The summed E-state index contributed by atoms with van der Waals surface area (Å²) in [5.74, 6) is 0.647. The van der Waals surface area contributed by atoms with Crippen LogP contribution in [0.5, 0.6) is 0 Å². The molecule has 1 spiro atoms. The number of allylic oxidation sites excluding steroid dienone is 1. The van der Waals surface area contributed by atoms with E-state index in [2.05, 4.69) is 80.1 Å². The Kier molecular flexibility index (Phi) is 12.5. The Bertz CT molecular complexity index is 2730. The SMILES string of the molecule is CNCC[C@]1(C)C(=O)CC[C@@]2(C)[C@H]3[C@H](O)[C@@H]4Cn5cc(Cc6cc(C7CCCCC7)cc([C@]7(O)CCOC8(CCCCC8)C7)c6)c6[nH]cc(c65)CC[C@@](C)(C[C@@H](O)[C@H]5OC5(C)C)C5=C4[C@](C)(CC5=O)[C@@]3(C)CC[C@H]21. The summed E-state index contributed by atoms with van der Waals surface area (Å²) in [7, 11) is 1.97. The Labute approximate surface area is 442 Å². The lowest BCUT2D eigenvalue weighted by atomic mass is 9.34. The molecular formula is C64H91N3O7. The second kappa shape index (κ2) is 18.0. The molecule has 12 rings (SSSR count). The van der Waals surface area contributed by atoms with Gasteiger partial charge in [0.05, 0.1) is 46.7 Å². The number of ketones is 2. The Balaban J connectivity index is 0.984. The first-order valence-electron chi connectivity index (χ1n) is 29.8. The van der Waals surface area contributed by atoms with E-state index in [1.807, 2.05) is 20.9 Å². The minimum absolute atomic E-state index is 0.118. The summed E-state index contributed by atoms with van der Waals surface area (Å²) in [6.45, 7) is 17.6. The van der Waals surface area contributed by atoms with E-state index in [1.165, 1.54) is 66.3 Å². The van der Waals surface area contributed by atoms with Crippen LogP contribution in [-0.4, -0.2) is 86.2 Å². The summed E-state index contributed by atoms with van der Waals surface area (Å²) in [4.78, 5) is 33.6. The van der Waals surface area contributed by atoms with Crippen LogP contribution in [0.25, 0.3) is 11.0 Å². The van der Waals surface area contributed by atoms with Gasteiger partial charge in [0.1, 0.15) is 11.9 Å². The van der Waals surface area contributed by atoms with Gasteiger partial charge in [0.2, 0.25) is 0 Å². The number of hydrogen-bond acceptors (Lipinski definition) is 8. The van der Waals surface area contributed by atoms with Crippen LogP contribution < -0.4 is 5.32 Å². The molecule has 2 saturated heterocycles. The van der Waals surface area contributed by atoms with Gasteiger partial charge in [-0.1, -0.05) is 91.3 Å². The van der Waals surface area contributed by atoms with Crippen LogP contribution >= 0.6 is 0 Å². The zero-order valence-electron chi connectivity index (χ0n) is 46.5. The molecule has 10 nitrogen and oxygen atoms in total. The second-order valence-corrected chi connectivity index (χ2v) is 28.3. The quantitative estimate of drug-likeness (QED) is 0.126. The van der Waals surface area contributed by atoms with Crippen molar-refractivity contribution in [2.24, 2.45) is 44.8 Å². The Morgan fingerprint density at radius 1 is 0.892 bits per heavy atom. The molecule has 5 N–H and O–H groups in total. The van der Waals surface area contributed by atoms with Crippen LogP contribution in [0.3, 0.4) is 0 Å². The van der Waals surface area contributed by atoms with Gasteiger partial charge in [-0.05, 0) is 165 Å². The first-order valence-corrected chi connectivity index (χ1v) is 29.8. The molecule has 5 heterocycles. The number of nitrogens with one attached hydrogen (secondary N) is 2. The molecule has 5 saturated carbocycles. The highest BCUT2D eigenvalue weighted by atomic mass is 16.6. The van der Waals surface area contributed by atoms with Crippen molar-refractivity contribution in [3.63, 3.8) is 0 Å². The number of benzene rings is 1. The third-order valence-electron chi connectivity index (χ3n) is 23.6. The number of carbonyl (C=O) groups is 2. The van der Waals surface area contributed by atoms with Crippen molar-refractivity contribution in [2.45, 2.75) is 237 Å². The lowest BCUT2D eigenvalue weighted by Crippen LogP contribution is -2.68. The summed E-state index contributed by atoms with van der Waals surface area (Å²) in [5.41, 5.74) is 6.32. The number of carbonyl (C=O) groups excluding carboxylic acids is 2. The Hall–Kier alpha value is -3.12. The fourth-order valence-corrected chi connectivity index (χ4v) is 19.5. The second-order valence-electron chi connectivity index (χ2n) is 28.3. The summed E-state index contributed by atoms with van der Waals surface area (Å²) in [6, 6.07) is 7.16. The number of ether oxygens (including phenoxy) is 2. The molecule has 0 radical (unpaired) electrons. The number of nitrogens with zero attached hydrogens (tertiary/aromatic N) is 1. The summed E-state index contributed by atoms with van der Waals surface area (Å²) >= 11 is 0. The van der Waals surface area contributed by atoms with Crippen molar-refractivity contribution in [3.8, 4) is 0 Å². The van der Waals surface area contributed by atoms with Gasteiger partial charge in [0.25, 0.3) is 0 Å². The molecule has 0 unspecified atom stereocenters. The molecule has 6 aliphatic carbocycles. The Morgan fingerprint density at radius 3 is 2.36 bits per heavy atom. The van der Waals surface area contributed by atoms with Gasteiger partial charge in [-0.25, -0.2) is 0 Å². The van der Waals surface area contributed by atoms with Crippen LogP contribution in [0.4, 0.5) is 0 Å². The highest BCUT2D eigenvalue weighted by molar-refractivity contribution is 6.02. The number of fused-ring (bicyclic) bond motifs is 4. The van der Waals surface area contributed by atoms with Gasteiger partial charge in [-0.3, -0.25) is 9.59 Å². The maximum absolute atomic E-state index is 15.5. The van der Waals surface area contributed by atoms with Crippen LogP contribution in [0.15, 0.2) is 41.7 Å². The van der Waals surface area contributed by atoms with Gasteiger partial charge in [-0.15, -0.1) is 0 Å².